The highest BCUT2D eigenvalue weighted by molar-refractivity contribution is 5.69. The smallest absolute Gasteiger partial charge is 0.408 e. The minimum absolute atomic E-state index is 0.235. The third kappa shape index (κ3) is 5.07. The first kappa shape index (κ1) is 15.0. The van der Waals surface area contributed by atoms with E-state index < -0.39 is 5.60 Å². The van der Waals surface area contributed by atoms with Crippen molar-refractivity contribution in [1.29, 1.82) is 0 Å². The van der Waals surface area contributed by atoms with Crippen molar-refractivity contribution in [3.63, 3.8) is 0 Å². The van der Waals surface area contributed by atoms with E-state index in [4.69, 9.17) is 4.74 Å². The molecule has 1 aliphatic rings. The van der Waals surface area contributed by atoms with Gasteiger partial charge >= 0.3 is 6.09 Å². The Kier molecular flexibility index (Phi) is 5.17. The van der Waals surface area contributed by atoms with Crippen LogP contribution in [0.15, 0.2) is 0 Å². The Hall–Kier alpha value is -1.06. The van der Waals surface area contributed by atoms with E-state index in [1.54, 1.807) is 0 Å². The molecule has 1 N–H and O–H groups in total. The lowest BCUT2D eigenvalue weighted by atomic mass is 9.78. The topological polar surface area (TPSA) is 55.4 Å². The molecule has 0 atom stereocenters. The van der Waals surface area contributed by atoms with Crippen molar-refractivity contribution in [2.24, 2.45) is 0 Å². The summed E-state index contributed by atoms with van der Waals surface area (Å²) in [5.74, 6) is 0. The summed E-state index contributed by atoms with van der Waals surface area (Å²) in [6.45, 7) is 5.56. The third-order valence-electron chi connectivity index (χ3n) is 3.32. The van der Waals surface area contributed by atoms with E-state index >= 15 is 0 Å². The fourth-order valence-electron chi connectivity index (χ4n) is 2.52. The van der Waals surface area contributed by atoms with Crippen LogP contribution in [-0.2, 0) is 9.53 Å². The summed E-state index contributed by atoms with van der Waals surface area (Å²) in [5, 5.41) is 3.00. The number of nitrogens with one attached hydrogen (secondary N) is 1. The summed E-state index contributed by atoms with van der Waals surface area (Å²) in [7, 11) is 0. The number of alkyl carbamates (subject to hydrolysis) is 1. The molecule has 1 amide bonds. The van der Waals surface area contributed by atoms with Crippen molar-refractivity contribution in [3.8, 4) is 0 Å². The molecule has 1 fully saturated rings. The van der Waals surface area contributed by atoms with Gasteiger partial charge in [0.15, 0.2) is 0 Å². The highest BCUT2D eigenvalue weighted by Crippen LogP contribution is 2.32. The maximum atomic E-state index is 11.9. The molecule has 4 heteroatoms. The van der Waals surface area contributed by atoms with Crippen LogP contribution in [0.5, 0.6) is 0 Å². The first-order chi connectivity index (χ1) is 8.37. The summed E-state index contributed by atoms with van der Waals surface area (Å²) in [6.07, 6.45) is 7.08. The monoisotopic (exact) mass is 255 g/mol. The summed E-state index contributed by atoms with van der Waals surface area (Å²) in [6, 6.07) is 0. The second kappa shape index (κ2) is 6.21. The third-order valence-corrected chi connectivity index (χ3v) is 3.32. The summed E-state index contributed by atoms with van der Waals surface area (Å²) in [5.41, 5.74) is -0.716. The standard InChI is InChI=1S/C14H25NO3/c1-13(2,3)18-12(17)15-14(10-7-11-16)8-5-4-6-9-14/h11H,4-10H2,1-3H3,(H,15,17). The molecule has 0 aromatic carbocycles. The van der Waals surface area contributed by atoms with Gasteiger partial charge in [0.2, 0.25) is 0 Å². The average Bonchev–Trinajstić information content (AvgIpc) is 2.25. The zero-order valence-corrected chi connectivity index (χ0v) is 11.8. The Morgan fingerprint density at radius 2 is 1.89 bits per heavy atom. The Morgan fingerprint density at radius 3 is 2.39 bits per heavy atom. The van der Waals surface area contributed by atoms with Gasteiger partial charge in [0.05, 0.1) is 0 Å². The number of aldehydes is 1. The molecule has 18 heavy (non-hydrogen) atoms. The Labute approximate surface area is 109 Å². The maximum Gasteiger partial charge on any atom is 0.408 e. The van der Waals surface area contributed by atoms with Crippen LogP contribution < -0.4 is 5.32 Å². The Balaban J connectivity index is 2.60. The van der Waals surface area contributed by atoms with Crippen LogP contribution in [0.25, 0.3) is 0 Å². The fraction of sp³-hybridized carbons (Fsp3) is 0.857. The fourth-order valence-corrected chi connectivity index (χ4v) is 2.52. The van der Waals surface area contributed by atoms with E-state index in [9.17, 15) is 9.59 Å². The van der Waals surface area contributed by atoms with Gasteiger partial charge < -0.3 is 14.8 Å². The minimum atomic E-state index is -0.482. The van der Waals surface area contributed by atoms with Crippen LogP contribution in [0.3, 0.4) is 0 Å². The summed E-state index contributed by atoms with van der Waals surface area (Å²) < 4.78 is 5.31. The predicted octanol–water partition coefficient (Wildman–Crippen LogP) is 3.19. The van der Waals surface area contributed by atoms with Crippen LogP contribution in [-0.4, -0.2) is 23.5 Å². The molecule has 0 aliphatic heterocycles. The minimum Gasteiger partial charge on any atom is -0.444 e. The summed E-state index contributed by atoms with van der Waals surface area (Å²) in [4.78, 5) is 22.4. The molecular formula is C14H25NO3. The number of ether oxygens (including phenoxy) is 1. The van der Waals surface area contributed by atoms with Gasteiger partial charge in [-0.2, -0.15) is 0 Å². The molecule has 0 aromatic rings. The predicted molar refractivity (Wildman–Crippen MR) is 70.5 cm³/mol. The van der Waals surface area contributed by atoms with Crippen LogP contribution in [0.2, 0.25) is 0 Å². The van der Waals surface area contributed by atoms with Gasteiger partial charge in [-0.25, -0.2) is 4.79 Å². The summed E-state index contributed by atoms with van der Waals surface area (Å²) >= 11 is 0. The zero-order valence-electron chi connectivity index (χ0n) is 11.8. The van der Waals surface area contributed by atoms with Gasteiger partial charge in [-0.3, -0.25) is 0 Å². The molecule has 0 bridgehead atoms. The number of hydrogen-bond donors (Lipinski definition) is 1. The zero-order chi connectivity index (χ0) is 13.6. The normalized spacial score (nSPS) is 19.1. The first-order valence-electron chi connectivity index (χ1n) is 6.82. The SMILES string of the molecule is CC(C)(C)OC(=O)NC1(CCC=O)CCCCC1. The van der Waals surface area contributed by atoms with Crippen molar-refractivity contribution < 1.29 is 14.3 Å². The maximum absolute atomic E-state index is 11.9. The first-order valence-corrected chi connectivity index (χ1v) is 6.82. The van der Waals surface area contributed by atoms with Crippen LogP contribution in [0, 0.1) is 0 Å². The van der Waals surface area contributed by atoms with Gasteiger partial charge in [-0.05, 0) is 40.0 Å². The van der Waals surface area contributed by atoms with Crippen molar-refractivity contribution >= 4 is 12.4 Å². The van der Waals surface area contributed by atoms with Crippen molar-refractivity contribution in [3.05, 3.63) is 0 Å². The van der Waals surface area contributed by atoms with Gasteiger partial charge in [0.25, 0.3) is 0 Å². The van der Waals surface area contributed by atoms with E-state index in [-0.39, 0.29) is 11.6 Å². The van der Waals surface area contributed by atoms with Gasteiger partial charge in [0, 0.05) is 12.0 Å². The van der Waals surface area contributed by atoms with Crippen molar-refractivity contribution in [1.82, 2.24) is 5.32 Å². The van der Waals surface area contributed by atoms with E-state index in [1.807, 2.05) is 20.8 Å². The Bertz CT molecular complexity index is 288. The highest BCUT2D eigenvalue weighted by atomic mass is 16.6. The molecule has 0 aromatic heterocycles. The molecule has 0 spiro atoms. The van der Waals surface area contributed by atoms with Crippen molar-refractivity contribution in [2.45, 2.75) is 76.9 Å². The number of hydrogen-bond acceptors (Lipinski definition) is 3. The molecule has 1 rings (SSSR count). The van der Waals surface area contributed by atoms with Gasteiger partial charge in [0.1, 0.15) is 11.9 Å². The van der Waals surface area contributed by atoms with Gasteiger partial charge in [-0.15, -0.1) is 0 Å². The van der Waals surface area contributed by atoms with Crippen molar-refractivity contribution in [2.75, 3.05) is 0 Å². The second-order valence-electron chi connectivity index (χ2n) is 6.17. The van der Waals surface area contributed by atoms with Crippen LogP contribution >= 0.6 is 0 Å². The molecule has 0 heterocycles. The molecule has 0 unspecified atom stereocenters. The number of rotatable bonds is 4. The molecule has 0 saturated heterocycles. The van der Waals surface area contributed by atoms with Crippen LogP contribution in [0.1, 0.15) is 65.7 Å². The Morgan fingerprint density at radius 1 is 1.28 bits per heavy atom. The molecule has 104 valence electrons. The lowest BCUT2D eigenvalue weighted by Crippen LogP contribution is -2.51. The lowest BCUT2D eigenvalue weighted by Gasteiger charge is -2.38. The molecule has 1 saturated carbocycles. The van der Waals surface area contributed by atoms with Crippen LogP contribution in [0.4, 0.5) is 4.79 Å². The van der Waals surface area contributed by atoms with E-state index in [0.717, 1.165) is 38.4 Å². The van der Waals surface area contributed by atoms with E-state index in [2.05, 4.69) is 5.32 Å². The number of amides is 1. The second-order valence-corrected chi connectivity index (χ2v) is 6.17. The molecule has 1 aliphatic carbocycles. The lowest BCUT2D eigenvalue weighted by molar-refractivity contribution is -0.108. The molecule has 4 nitrogen and oxygen atoms in total. The number of carbonyl (C=O) groups is 2. The number of carbonyl (C=O) groups excluding carboxylic acids is 2. The average molecular weight is 255 g/mol. The largest absolute Gasteiger partial charge is 0.444 e. The molecular weight excluding hydrogens is 230 g/mol. The van der Waals surface area contributed by atoms with E-state index in [1.165, 1.54) is 6.42 Å². The quantitative estimate of drug-likeness (QED) is 0.785. The highest BCUT2D eigenvalue weighted by Gasteiger charge is 2.34. The molecule has 0 radical (unpaired) electrons. The van der Waals surface area contributed by atoms with E-state index in [0.29, 0.717) is 6.42 Å². The van der Waals surface area contributed by atoms with Gasteiger partial charge in [-0.1, -0.05) is 19.3 Å².